The number of esters is 2. The molecule has 0 saturated heterocycles. The number of hydrogen-bond acceptors (Lipinski definition) is 7. The van der Waals surface area contributed by atoms with Crippen LogP contribution in [0.15, 0.2) is 29.9 Å². The van der Waals surface area contributed by atoms with E-state index in [9.17, 15) is 14.4 Å². The van der Waals surface area contributed by atoms with Gasteiger partial charge in [0.2, 0.25) is 0 Å². The number of thiophene rings is 1. The first-order valence-electron chi connectivity index (χ1n) is 9.67. The lowest BCUT2D eigenvalue weighted by Crippen LogP contribution is -2.22. The van der Waals surface area contributed by atoms with E-state index in [1.165, 1.54) is 11.3 Å². The zero-order valence-corrected chi connectivity index (χ0v) is 17.5. The highest BCUT2D eigenvalue weighted by Crippen LogP contribution is 2.46. The molecule has 3 aromatic rings. The molecule has 0 atom stereocenters. The average molecular weight is 427 g/mol. The molecule has 0 radical (unpaired) electrons. The molecule has 9 heteroatoms. The molecule has 1 aliphatic carbocycles. The van der Waals surface area contributed by atoms with Crippen molar-refractivity contribution in [1.82, 2.24) is 9.38 Å². The molecule has 30 heavy (non-hydrogen) atoms. The predicted molar refractivity (Wildman–Crippen MR) is 111 cm³/mol. The van der Waals surface area contributed by atoms with Gasteiger partial charge in [-0.1, -0.05) is 0 Å². The lowest BCUT2D eigenvalue weighted by molar-refractivity contribution is -0.119. The van der Waals surface area contributed by atoms with Gasteiger partial charge >= 0.3 is 11.9 Å². The van der Waals surface area contributed by atoms with Gasteiger partial charge in [-0.25, -0.2) is 14.6 Å². The summed E-state index contributed by atoms with van der Waals surface area (Å²) in [5, 5.41) is 4.97. The molecule has 1 saturated carbocycles. The molecule has 0 spiro atoms. The Balaban J connectivity index is 1.41. The second-order valence-corrected chi connectivity index (χ2v) is 7.99. The molecule has 0 bridgehead atoms. The van der Waals surface area contributed by atoms with Gasteiger partial charge in [-0.3, -0.25) is 4.79 Å². The zero-order chi connectivity index (χ0) is 21.3. The van der Waals surface area contributed by atoms with Crippen LogP contribution in [0, 0.1) is 6.92 Å². The summed E-state index contributed by atoms with van der Waals surface area (Å²) in [7, 11) is 0. The first kappa shape index (κ1) is 20.1. The largest absolute Gasteiger partial charge is 0.462 e. The topological polar surface area (TPSA) is 99.0 Å². The van der Waals surface area contributed by atoms with Gasteiger partial charge in [0.05, 0.1) is 12.2 Å². The van der Waals surface area contributed by atoms with E-state index in [-0.39, 0.29) is 12.3 Å². The molecular formula is C21H21N3O5S. The number of nitrogens with one attached hydrogen (secondary N) is 1. The van der Waals surface area contributed by atoms with Crippen molar-refractivity contribution in [3.8, 4) is 0 Å². The number of amides is 1. The number of nitrogens with zero attached hydrogens (tertiary/aromatic N) is 2. The molecule has 4 rings (SSSR count). The quantitative estimate of drug-likeness (QED) is 0.579. The van der Waals surface area contributed by atoms with Crippen molar-refractivity contribution < 1.29 is 23.9 Å². The third-order valence-electron chi connectivity index (χ3n) is 4.73. The first-order chi connectivity index (χ1) is 14.5. The maximum atomic E-state index is 12.4. The Morgan fingerprint density at radius 2 is 2.07 bits per heavy atom. The monoisotopic (exact) mass is 427 g/mol. The summed E-state index contributed by atoms with van der Waals surface area (Å²) in [6.45, 7) is 3.44. The number of imidazole rings is 1. The fourth-order valence-electron chi connectivity index (χ4n) is 3.12. The third-order valence-corrected chi connectivity index (χ3v) is 5.64. The molecular weight excluding hydrogens is 406 g/mol. The molecule has 3 heterocycles. The van der Waals surface area contributed by atoms with E-state index in [1.54, 1.807) is 23.7 Å². The normalized spacial score (nSPS) is 13.3. The maximum absolute atomic E-state index is 12.4. The van der Waals surface area contributed by atoms with Crippen LogP contribution in [0.1, 0.15) is 57.7 Å². The molecule has 1 N–H and O–H groups in total. The van der Waals surface area contributed by atoms with E-state index in [0.29, 0.717) is 22.1 Å². The van der Waals surface area contributed by atoms with Crippen molar-refractivity contribution >= 4 is 39.8 Å². The minimum Gasteiger partial charge on any atom is -0.462 e. The number of aromatic nitrogens is 2. The van der Waals surface area contributed by atoms with Crippen LogP contribution in [0.25, 0.3) is 5.65 Å². The van der Waals surface area contributed by atoms with Crippen LogP contribution in [-0.4, -0.2) is 40.4 Å². The lowest BCUT2D eigenvalue weighted by atomic mass is 10.1. The molecule has 0 unspecified atom stereocenters. The van der Waals surface area contributed by atoms with Crippen molar-refractivity contribution in [2.75, 3.05) is 18.5 Å². The van der Waals surface area contributed by atoms with Gasteiger partial charge in [-0.15, -0.1) is 11.3 Å². The minimum absolute atomic E-state index is 0.118. The van der Waals surface area contributed by atoms with Crippen molar-refractivity contribution in [1.29, 1.82) is 0 Å². The highest BCUT2D eigenvalue weighted by Gasteiger charge is 2.32. The molecule has 0 aromatic carbocycles. The van der Waals surface area contributed by atoms with E-state index >= 15 is 0 Å². The minimum atomic E-state index is -0.693. The van der Waals surface area contributed by atoms with Crippen LogP contribution in [0.3, 0.4) is 0 Å². The number of rotatable bonds is 7. The second kappa shape index (κ2) is 8.27. The van der Waals surface area contributed by atoms with Crippen molar-refractivity contribution in [2.24, 2.45) is 0 Å². The Morgan fingerprint density at radius 1 is 1.27 bits per heavy atom. The summed E-state index contributed by atoms with van der Waals surface area (Å²) in [5.41, 5.74) is 3.07. The molecule has 3 aromatic heterocycles. The van der Waals surface area contributed by atoms with Crippen molar-refractivity contribution in [2.45, 2.75) is 32.6 Å². The summed E-state index contributed by atoms with van der Waals surface area (Å²) in [6, 6.07) is 3.74. The number of pyridine rings is 1. The predicted octanol–water partition coefficient (Wildman–Crippen LogP) is 3.55. The Labute approximate surface area is 176 Å². The highest BCUT2D eigenvalue weighted by atomic mass is 32.1. The summed E-state index contributed by atoms with van der Waals surface area (Å²) in [5.74, 6) is -1.34. The van der Waals surface area contributed by atoms with E-state index in [4.69, 9.17) is 9.47 Å². The molecule has 1 amide bonds. The summed E-state index contributed by atoms with van der Waals surface area (Å²) in [4.78, 5) is 41.2. The van der Waals surface area contributed by atoms with Gasteiger partial charge in [0.15, 0.2) is 12.3 Å². The molecule has 1 fully saturated rings. The van der Waals surface area contributed by atoms with Gasteiger partial charge in [-0.2, -0.15) is 0 Å². The van der Waals surface area contributed by atoms with Crippen LogP contribution in [-0.2, 0) is 14.3 Å². The highest BCUT2D eigenvalue weighted by molar-refractivity contribution is 7.15. The van der Waals surface area contributed by atoms with Crippen molar-refractivity contribution in [3.63, 3.8) is 0 Å². The van der Waals surface area contributed by atoms with Crippen LogP contribution >= 0.6 is 11.3 Å². The van der Waals surface area contributed by atoms with Crippen LogP contribution in [0.2, 0.25) is 0 Å². The SMILES string of the molecule is CCOC(=O)c1c(C2CC2)csc1NC(=O)COC(=O)c1cn2ccc(C)cc2n1. The van der Waals surface area contributed by atoms with E-state index in [0.717, 1.165) is 24.0 Å². The number of anilines is 1. The standard InChI is InChI=1S/C21H21N3O5S/c1-3-28-21(27)18-14(13-4-5-13)11-30-19(18)23-17(25)10-29-20(26)15-9-24-7-6-12(2)8-16(24)22-15/h6-9,11,13H,3-5,10H2,1-2H3,(H,23,25). The number of fused-ring (bicyclic) bond motifs is 1. The molecule has 8 nitrogen and oxygen atoms in total. The Morgan fingerprint density at radius 3 is 2.80 bits per heavy atom. The summed E-state index contributed by atoms with van der Waals surface area (Å²) >= 11 is 1.27. The smallest absolute Gasteiger partial charge is 0.359 e. The number of hydrogen-bond donors (Lipinski definition) is 1. The summed E-state index contributed by atoms with van der Waals surface area (Å²) in [6.07, 6.45) is 5.39. The van der Waals surface area contributed by atoms with E-state index in [1.807, 2.05) is 24.4 Å². The van der Waals surface area contributed by atoms with E-state index < -0.39 is 24.5 Å². The molecule has 0 aliphatic heterocycles. The Hall–Kier alpha value is -3.20. The Kier molecular flexibility index (Phi) is 5.54. The Bertz CT molecular complexity index is 1130. The third kappa shape index (κ3) is 4.20. The lowest BCUT2D eigenvalue weighted by Gasteiger charge is -2.08. The molecule has 156 valence electrons. The van der Waals surface area contributed by atoms with Gasteiger partial charge < -0.3 is 19.2 Å². The van der Waals surface area contributed by atoms with E-state index in [2.05, 4.69) is 10.3 Å². The number of aryl methyl sites for hydroxylation is 1. The summed E-state index contributed by atoms with van der Waals surface area (Å²) < 4.78 is 11.9. The first-order valence-corrected chi connectivity index (χ1v) is 10.5. The fraction of sp³-hybridized carbons (Fsp3) is 0.333. The van der Waals surface area contributed by atoms with Gasteiger partial charge in [0.1, 0.15) is 10.6 Å². The van der Waals surface area contributed by atoms with Crippen LogP contribution in [0.5, 0.6) is 0 Å². The second-order valence-electron chi connectivity index (χ2n) is 7.11. The maximum Gasteiger partial charge on any atom is 0.359 e. The molecule has 1 aliphatic rings. The average Bonchev–Trinajstić information content (AvgIpc) is 3.34. The van der Waals surface area contributed by atoms with Gasteiger partial charge in [0, 0.05) is 12.4 Å². The zero-order valence-electron chi connectivity index (χ0n) is 16.6. The van der Waals surface area contributed by atoms with Gasteiger partial charge in [0.25, 0.3) is 5.91 Å². The van der Waals surface area contributed by atoms with Crippen molar-refractivity contribution in [3.05, 3.63) is 52.3 Å². The number of carbonyl (C=O) groups excluding carboxylic acids is 3. The van der Waals surface area contributed by atoms with Gasteiger partial charge in [-0.05, 0) is 61.2 Å². The van der Waals surface area contributed by atoms with Crippen LogP contribution in [0.4, 0.5) is 5.00 Å². The van der Waals surface area contributed by atoms with Crippen LogP contribution < -0.4 is 5.32 Å². The fourth-order valence-corrected chi connectivity index (χ4v) is 4.17. The number of ether oxygens (including phenoxy) is 2. The number of carbonyl (C=O) groups is 3.